The van der Waals surface area contributed by atoms with E-state index in [0.717, 1.165) is 81.4 Å². The molecule has 3 heterocycles. The average molecular weight is 816 g/mol. The summed E-state index contributed by atoms with van der Waals surface area (Å²) in [4.78, 5) is 21.7. The number of aliphatic hydroxyl groups excluding tert-OH is 1. The normalized spacial score (nSPS) is 29.2. The fraction of sp³-hybridized carbons (Fsp3) is 0.711. The zero-order valence-electron chi connectivity index (χ0n) is 35.3. The second kappa shape index (κ2) is 21.7. The lowest BCUT2D eigenvalue weighted by molar-refractivity contribution is 0.0222. The lowest BCUT2D eigenvalue weighted by Crippen LogP contribution is -2.55. The van der Waals surface area contributed by atoms with Crippen molar-refractivity contribution < 1.29 is 23.6 Å². The van der Waals surface area contributed by atoms with Gasteiger partial charge < -0.3 is 24.4 Å². The monoisotopic (exact) mass is 814 g/mol. The van der Waals surface area contributed by atoms with Crippen molar-refractivity contribution >= 4 is 34.2 Å². The Morgan fingerprint density at radius 3 is 2.50 bits per heavy atom. The van der Waals surface area contributed by atoms with E-state index in [1.54, 1.807) is 14.0 Å². The molecule has 314 valence electrons. The van der Waals surface area contributed by atoms with E-state index in [9.17, 15) is 9.00 Å². The smallest absolute Gasteiger partial charge is 0.263 e. The van der Waals surface area contributed by atoms with Gasteiger partial charge in [0.25, 0.3) is 5.91 Å². The Balaban J connectivity index is 0.00000194. The van der Waals surface area contributed by atoms with E-state index in [0.29, 0.717) is 55.0 Å². The first-order valence-electron chi connectivity index (χ1n) is 21.6. The summed E-state index contributed by atoms with van der Waals surface area (Å²) < 4.78 is 28.9. The summed E-state index contributed by atoms with van der Waals surface area (Å²) in [5.41, 5.74) is 4.08. The Kier molecular flexibility index (Phi) is 17.4. The Labute approximate surface area is 345 Å². The predicted octanol–water partition coefficient (Wildman–Crippen LogP) is 7.95. The zero-order valence-corrected chi connectivity index (χ0v) is 36.9. The maximum Gasteiger partial charge on any atom is 0.263 e. The van der Waals surface area contributed by atoms with Gasteiger partial charge in [-0.1, -0.05) is 44.4 Å². The van der Waals surface area contributed by atoms with Gasteiger partial charge in [0.15, 0.2) is 0 Å². The summed E-state index contributed by atoms with van der Waals surface area (Å²) in [6.45, 7) is 20.8. The van der Waals surface area contributed by atoms with Gasteiger partial charge in [-0.15, -0.1) is 0 Å². The van der Waals surface area contributed by atoms with Crippen molar-refractivity contribution in [3.05, 3.63) is 58.1 Å². The third-order valence-corrected chi connectivity index (χ3v) is 14.8. The highest BCUT2D eigenvalue weighted by molar-refractivity contribution is 7.84. The third kappa shape index (κ3) is 11.5. The number of nitrogens with one attached hydrogen (secondary N) is 1. The Morgan fingerprint density at radius 1 is 1.04 bits per heavy atom. The summed E-state index contributed by atoms with van der Waals surface area (Å²) in [5, 5.41) is 8.17. The number of piperazine rings is 1. The summed E-state index contributed by atoms with van der Waals surface area (Å²) in [7, 11) is 0.149. The number of anilines is 1. The predicted molar refractivity (Wildman–Crippen MR) is 231 cm³/mol. The molecule has 9 nitrogen and oxygen atoms in total. The number of amides is 1. The first kappa shape index (κ1) is 44.9. The maximum atomic E-state index is 13.9. The number of ether oxygens (including phenoxy) is 2. The molecule has 3 aliphatic heterocycles. The lowest BCUT2D eigenvalue weighted by atomic mass is 9.65. The SMILES string of the molecule is CCCc1cc(Cl)ccc1C1COc2ccc3cc2N(C1)CC1CCC1C(CN1CCN(C(C)C)C(C)C1)CCCC(C)C(CCOC)S(=O)NC3=O.CCO. The molecule has 0 spiro atoms. The van der Waals surface area contributed by atoms with Crippen LogP contribution in [0.2, 0.25) is 5.02 Å². The van der Waals surface area contributed by atoms with Crippen molar-refractivity contribution in [1.82, 2.24) is 14.5 Å². The summed E-state index contributed by atoms with van der Waals surface area (Å²) in [5.74, 6) is 2.72. The fourth-order valence-electron chi connectivity index (χ4n) is 9.88. The molecular weight excluding hydrogens is 744 g/mol. The number of carbonyl (C=O) groups is 1. The molecule has 2 fully saturated rings. The third-order valence-electron chi connectivity index (χ3n) is 12.9. The minimum atomic E-state index is -1.54. The van der Waals surface area contributed by atoms with Crippen LogP contribution >= 0.6 is 11.6 Å². The average Bonchev–Trinajstić information content (AvgIpc) is 3.32. The van der Waals surface area contributed by atoms with Crippen molar-refractivity contribution in [2.75, 3.05) is 71.1 Å². The van der Waals surface area contributed by atoms with Crippen LogP contribution in [0.15, 0.2) is 36.4 Å². The molecule has 56 heavy (non-hydrogen) atoms. The Morgan fingerprint density at radius 2 is 1.82 bits per heavy atom. The van der Waals surface area contributed by atoms with Gasteiger partial charge in [0, 0.05) is 88.2 Å². The molecule has 8 unspecified atom stereocenters. The van der Waals surface area contributed by atoms with Gasteiger partial charge in [-0.3, -0.25) is 14.4 Å². The molecule has 4 aliphatic rings. The van der Waals surface area contributed by atoms with Crippen LogP contribution < -0.4 is 14.4 Å². The number of carbonyl (C=O) groups excluding carboxylic acids is 1. The number of hydrogen-bond donors (Lipinski definition) is 2. The van der Waals surface area contributed by atoms with Gasteiger partial charge in [-0.25, -0.2) is 4.21 Å². The molecule has 2 bridgehead atoms. The molecule has 8 atom stereocenters. The van der Waals surface area contributed by atoms with E-state index < -0.39 is 11.0 Å². The number of hydrogen-bond acceptors (Lipinski definition) is 8. The topological polar surface area (TPSA) is 94.6 Å². The highest BCUT2D eigenvalue weighted by Gasteiger charge is 2.41. The Bertz CT molecular complexity index is 1580. The van der Waals surface area contributed by atoms with Crippen LogP contribution in [0.5, 0.6) is 5.75 Å². The molecule has 2 N–H and O–H groups in total. The number of benzene rings is 2. The highest BCUT2D eigenvalue weighted by Crippen LogP contribution is 2.45. The van der Waals surface area contributed by atoms with Crippen LogP contribution in [0.1, 0.15) is 114 Å². The van der Waals surface area contributed by atoms with Crippen molar-refractivity contribution in [3.8, 4) is 5.75 Å². The number of aryl methyl sites for hydroxylation is 1. The van der Waals surface area contributed by atoms with Crippen molar-refractivity contribution in [2.24, 2.45) is 23.7 Å². The van der Waals surface area contributed by atoms with Crippen molar-refractivity contribution in [3.63, 3.8) is 0 Å². The van der Waals surface area contributed by atoms with Crippen LogP contribution in [0.25, 0.3) is 0 Å². The summed E-state index contributed by atoms with van der Waals surface area (Å²) in [6, 6.07) is 13.2. The van der Waals surface area contributed by atoms with Crippen LogP contribution in [-0.2, 0) is 22.1 Å². The van der Waals surface area contributed by atoms with Crippen LogP contribution in [0.3, 0.4) is 0 Å². The van der Waals surface area contributed by atoms with E-state index in [1.807, 2.05) is 24.3 Å². The van der Waals surface area contributed by atoms with Gasteiger partial charge in [0.1, 0.15) is 16.7 Å². The Hall–Kier alpha value is -2.21. The molecule has 2 aromatic carbocycles. The van der Waals surface area contributed by atoms with E-state index in [2.05, 4.69) is 66.2 Å². The van der Waals surface area contributed by atoms with E-state index in [-0.39, 0.29) is 29.6 Å². The summed E-state index contributed by atoms with van der Waals surface area (Å²) >= 11 is 6.52. The number of methoxy groups -OCH3 is 1. The number of halogens is 1. The minimum Gasteiger partial charge on any atom is -0.491 e. The first-order valence-corrected chi connectivity index (χ1v) is 23.2. The number of rotatable bonds is 9. The molecular formula is C45H71ClN4O5S. The first-order chi connectivity index (χ1) is 27.0. The number of aliphatic hydroxyl groups is 1. The standard InChI is InChI=1S/C43H65ClN4O4S.C2H6O/c1-7-9-32-22-37(44)14-16-38(32)36-27-47-26-35-12-15-39(35)34(25-46-19-20-48(29(2)3)31(5)24-46)11-8-10-30(4)42(18-21-51-6)53(50)45-43(49)33-13-17-41(52-28-36)40(47)23-33;1-2-3/h13-14,16-17,22-23,29-31,34-36,39,42H,7-12,15,18-21,24-28H2,1-6H3,(H,45,49);3H,2H2,1H3. The van der Waals surface area contributed by atoms with Crippen LogP contribution in [0, 0.1) is 23.7 Å². The summed E-state index contributed by atoms with van der Waals surface area (Å²) in [6.07, 6.45) is 8.44. The second-order valence-electron chi connectivity index (χ2n) is 17.2. The molecule has 1 saturated carbocycles. The fourth-order valence-corrected chi connectivity index (χ4v) is 11.4. The number of nitrogens with zero attached hydrogens (tertiary/aromatic N) is 3. The number of fused-ring (bicyclic) bond motifs is 2. The molecule has 1 aliphatic carbocycles. The molecule has 0 radical (unpaired) electrons. The molecule has 0 aromatic heterocycles. The second-order valence-corrected chi connectivity index (χ2v) is 19.0. The quantitative estimate of drug-likeness (QED) is 0.264. The van der Waals surface area contributed by atoms with Gasteiger partial charge in [0.05, 0.1) is 17.5 Å². The van der Waals surface area contributed by atoms with E-state index >= 15 is 0 Å². The van der Waals surface area contributed by atoms with Crippen LogP contribution in [-0.4, -0.2) is 109 Å². The molecule has 1 saturated heterocycles. The molecule has 6 rings (SSSR count). The largest absolute Gasteiger partial charge is 0.491 e. The molecule has 2 aromatic rings. The molecule has 11 heteroatoms. The zero-order chi connectivity index (χ0) is 40.4. The lowest BCUT2D eigenvalue weighted by Gasteiger charge is -2.48. The van der Waals surface area contributed by atoms with Gasteiger partial charge in [-0.05, 0) is 131 Å². The van der Waals surface area contributed by atoms with E-state index in [1.165, 1.54) is 30.4 Å². The minimum absolute atomic E-state index is 0.160. The maximum absolute atomic E-state index is 13.9. The van der Waals surface area contributed by atoms with Gasteiger partial charge in [-0.2, -0.15) is 0 Å². The molecule has 1 amide bonds. The van der Waals surface area contributed by atoms with Crippen molar-refractivity contribution in [1.29, 1.82) is 0 Å². The highest BCUT2D eigenvalue weighted by atomic mass is 35.5. The van der Waals surface area contributed by atoms with Crippen molar-refractivity contribution in [2.45, 2.75) is 116 Å². The van der Waals surface area contributed by atoms with Crippen LogP contribution in [0.4, 0.5) is 5.69 Å². The van der Waals surface area contributed by atoms with E-state index in [4.69, 9.17) is 26.2 Å². The van der Waals surface area contributed by atoms with Gasteiger partial charge >= 0.3 is 0 Å². The van der Waals surface area contributed by atoms with Gasteiger partial charge in [0.2, 0.25) is 0 Å².